The number of thiocarbonyl (C=S) groups is 1. The van der Waals surface area contributed by atoms with E-state index in [1.807, 2.05) is 24.3 Å². The maximum absolute atomic E-state index is 10.8. The summed E-state index contributed by atoms with van der Waals surface area (Å²) in [6.45, 7) is 3.19. The van der Waals surface area contributed by atoms with Crippen LogP contribution < -0.4 is 10.2 Å². The summed E-state index contributed by atoms with van der Waals surface area (Å²) in [5, 5.41) is 16.3. The van der Waals surface area contributed by atoms with E-state index in [4.69, 9.17) is 23.8 Å². The SMILES string of the molecule is O=[N+]([O-])c1ccc(NC(=S)N2CCN(c3ccnc4cc(Cl)ccc34)CC2)cc1. The van der Waals surface area contributed by atoms with Gasteiger partial charge in [-0.1, -0.05) is 11.6 Å². The Hall–Kier alpha value is -2.97. The van der Waals surface area contributed by atoms with Crippen molar-refractivity contribution in [3.63, 3.8) is 0 Å². The molecule has 0 atom stereocenters. The minimum atomic E-state index is -0.419. The van der Waals surface area contributed by atoms with Crippen LogP contribution in [0.2, 0.25) is 5.02 Å². The molecule has 2 aromatic carbocycles. The summed E-state index contributed by atoms with van der Waals surface area (Å²) in [5.41, 5.74) is 2.81. The third-order valence-electron chi connectivity index (χ3n) is 4.92. The zero-order valence-corrected chi connectivity index (χ0v) is 17.0. The van der Waals surface area contributed by atoms with Gasteiger partial charge in [0.2, 0.25) is 0 Å². The molecule has 1 N–H and O–H groups in total. The van der Waals surface area contributed by atoms with Crippen molar-refractivity contribution in [2.45, 2.75) is 0 Å². The molecule has 0 aliphatic carbocycles. The number of aromatic nitrogens is 1. The fourth-order valence-corrected chi connectivity index (χ4v) is 3.87. The molecule has 0 unspecified atom stereocenters. The van der Waals surface area contributed by atoms with Crippen LogP contribution in [0.4, 0.5) is 17.1 Å². The molecule has 1 saturated heterocycles. The predicted octanol–water partition coefficient (Wildman–Crippen LogP) is 4.32. The highest BCUT2D eigenvalue weighted by molar-refractivity contribution is 7.80. The first kappa shape index (κ1) is 19.4. The standard InChI is InChI=1S/C20H18ClN5O2S/c21-14-1-6-17-18(13-14)22-8-7-19(17)24-9-11-25(12-10-24)20(29)23-15-2-4-16(5-3-15)26(27)28/h1-8,13H,9-12H2,(H,23,29). The number of benzene rings is 2. The van der Waals surface area contributed by atoms with Gasteiger partial charge in [-0.2, -0.15) is 0 Å². The summed E-state index contributed by atoms with van der Waals surface area (Å²) in [4.78, 5) is 19.2. The Morgan fingerprint density at radius 2 is 1.83 bits per heavy atom. The van der Waals surface area contributed by atoms with Crippen molar-refractivity contribution in [2.24, 2.45) is 0 Å². The molecule has 1 aliphatic heterocycles. The Bertz CT molecular complexity index is 1070. The van der Waals surface area contributed by atoms with Crippen LogP contribution in [0.25, 0.3) is 10.9 Å². The molecule has 0 saturated carbocycles. The number of hydrogen-bond acceptors (Lipinski definition) is 5. The molecule has 1 aliphatic rings. The van der Waals surface area contributed by atoms with Crippen LogP contribution in [-0.4, -0.2) is 46.1 Å². The van der Waals surface area contributed by atoms with E-state index >= 15 is 0 Å². The van der Waals surface area contributed by atoms with E-state index in [0.29, 0.717) is 10.1 Å². The second kappa shape index (κ2) is 8.18. The maximum atomic E-state index is 10.8. The molecule has 0 radical (unpaired) electrons. The lowest BCUT2D eigenvalue weighted by Gasteiger charge is -2.37. The molecule has 1 fully saturated rings. The van der Waals surface area contributed by atoms with Gasteiger partial charge in [0.1, 0.15) is 0 Å². The number of nitrogens with zero attached hydrogens (tertiary/aromatic N) is 4. The first-order valence-electron chi connectivity index (χ1n) is 9.11. The number of nitro groups is 1. The Labute approximate surface area is 178 Å². The monoisotopic (exact) mass is 427 g/mol. The van der Waals surface area contributed by atoms with E-state index in [0.717, 1.165) is 48.5 Å². The van der Waals surface area contributed by atoms with Gasteiger partial charge in [0.05, 0.1) is 10.4 Å². The summed E-state index contributed by atoms with van der Waals surface area (Å²) < 4.78 is 0. The van der Waals surface area contributed by atoms with Gasteiger partial charge >= 0.3 is 0 Å². The number of hydrogen-bond donors (Lipinski definition) is 1. The largest absolute Gasteiger partial charge is 0.367 e. The summed E-state index contributed by atoms with van der Waals surface area (Å²) in [5.74, 6) is 0. The van der Waals surface area contributed by atoms with E-state index in [1.165, 1.54) is 12.1 Å². The third kappa shape index (κ3) is 4.23. The molecule has 0 spiro atoms. The molecule has 2 heterocycles. The van der Waals surface area contributed by atoms with E-state index in [1.54, 1.807) is 18.3 Å². The lowest BCUT2D eigenvalue weighted by Crippen LogP contribution is -2.50. The smallest absolute Gasteiger partial charge is 0.269 e. The van der Waals surface area contributed by atoms with Gasteiger partial charge < -0.3 is 15.1 Å². The number of piperazine rings is 1. The summed E-state index contributed by atoms with van der Waals surface area (Å²) >= 11 is 11.6. The van der Waals surface area contributed by atoms with Crippen molar-refractivity contribution < 1.29 is 4.92 Å². The van der Waals surface area contributed by atoms with Gasteiger partial charge in [-0.3, -0.25) is 15.1 Å². The first-order valence-corrected chi connectivity index (χ1v) is 9.89. The molecule has 3 aromatic rings. The van der Waals surface area contributed by atoms with Crippen LogP contribution in [0.3, 0.4) is 0 Å². The van der Waals surface area contributed by atoms with Gasteiger partial charge in [0.25, 0.3) is 5.69 Å². The van der Waals surface area contributed by atoms with Gasteiger partial charge in [-0.25, -0.2) is 0 Å². The maximum Gasteiger partial charge on any atom is 0.269 e. The highest BCUT2D eigenvalue weighted by Gasteiger charge is 2.21. The van der Waals surface area contributed by atoms with Crippen LogP contribution in [-0.2, 0) is 0 Å². The first-order chi connectivity index (χ1) is 14.0. The minimum Gasteiger partial charge on any atom is -0.367 e. The van der Waals surface area contributed by atoms with E-state index < -0.39 is 4.92 Å². The highest BCUT2D eigenvalue weighted by atomic mass is 35.5. The molecule has 7 nitrogen and oxygen atoms in total. The number of anilines is 2. The van der Waals surface area contributed by atoms with Crippen LogP contribution in [0.15, 0.2) is 54.7 Å². The molecule has 0 amide bonds. The Kier molecular flexibility index (Phi) is 5.46. The quantitative estimate of drug-likeness (QED) is 0.379. The third-order valence-corrected chi connectivity index (χ3v) is 5.51. The van der Waals surface area contributed by atoms with E-state index in [-0.39, 0.29) is 5.69 Å². The highest BCUT2D eigenvalue weighted by Crippen LogP contribution is 2.28. The van der Waals surface area contributed by atoms with Crippen LogP contribution in [0.5, 0.6) is 0 Å². The lowest BCUT2D eigenvalue weighted by atomic mass is 10.1. The Morgan fingerprint density at radius 3 is 2.52 bits per heavy atom. The molecule has 148 valence electrons. The zero-order chi connectivity index (χ0) is 20.4. The molecular weight excluding hydrogens is 410 g/mol. The van der Waals surface area contributed by atoms with Crippen molar-refractivity contribution in [1.29, 1.82) is 0 Å². The zero-order valence-electron chi connectivity index (χ0n) is 15.4. The fraction of sp³-hybridized carbons (Fsp3) is 0.200. The van der Waals surface area contributed by atoms with Gasteiger partial charge in [-0.15, -0.1) is 0 Å². The number of non-ortho nitro benzene ring substituents is 1. The molecular formula is C20H18ClN5O2S. The van der Waals surface area contributed by atoms with Crippen molar-refractivity contribution >= 4 is 56.9 Å². The fourth-order valence-electron chi connectivity index (χ4n) is 3.40. The van der Waals surface area contributed by atoms with Crippen molar-refractivity contribution in [2.75, 3.05) is 36.4 Å². The summed E-state index contributed by atoms with van der Waals surface area (Å²) in [6.07, 6.45) is 1.81. The van der Waals surface area contributed by atoms with Gasteiger partial charge in [0, 0.05) is 66.3 Å². The topological polar surface area (TPSA) is 74.5 Å². The Morgan fingerprint density at radius 1 is 1.10 bits per heavy atom. The second-order valence-electron chi connectivity index (χ2n) is 6.70. The number of pyridine rings is 1. The number of fused-ring (bicyclic) bond motifs is 1. The van der Waals surface area contributed by atoms with E-state index in [9.17, 15) is 10.1 Å². The van der Waals surface area contributed by atoms with Crippen molar-refractivity contribution in [3.05, 3.63) is 69.9 Å². The summed E-state index contributed by atoms with van der Waals surface area (Å²) in [7, 11) is 0. The Balaban J connectivity index is 1.40. The van der Waals surface area contributed by atoms with Crippen LogP contribution in [0.1, 0.15) is 0 Å². The predicted molar refractivity (Wildman–Crippen MR) is 120 cm³/mol. The number of rotatable bonds is 3. The van der Waals surface area contributed by atoms with Gasteiger partial charge in [-0.05, 0) is 48.6 Å². The molecule has 1 aromatic heterocycles. The normalized spacial score (nSPS) is 14.1. The van der Waals surface area contributed by atoms with Crippen LogP contribution >= 0.6 is 23.8 Å². The summed E-state index contributed by atoms with van der Waals surface area (Å²) in [6, 6.07) is 14.0. The van der Waals surface area contributed by atoms with Crippen molar-refractivity contribution in [1.82, 2.24) is 9.88 Å². The average Bonchev–Trinajstić information content (AvgIpc) is 2.73. The number of nitrogens with one attached hydrogen (secondary N) is 1. The molecule has 29 heavy (non-hydrogen) atoms. The number of nitro benzene ring substituents is 1. The van der Waals surface area contributed by atoms with Crippen LogP contribution in [0, 0.1) is 10.1 Å². The molecule has 9 heteroatoms. The number of halogens is 1. The second-order valence-corrected chi connectivity index (χ2v) is 7.52. The van der Waals surface area contributed by atoms with Gasteiger partial charge in [0.15, 0.2) is 5.11 Å². The van der Waals surface area contributed by atoms with Crippen molar-refractivity contribution in [3.8, 4) is 0 Å². The molecule has 4 rings (SSSR count). The molecule has 0 bridgehead atoms. The van der Waals surface area contributed by atoms with E-state index in [2.05, 4.69) is 20.1 Å². The minimum absolute atomic E-state index is 0.0564. The average molecular weight is 428 g/mol. The lowest BCUT2D eigenvalue weighted by molar-refractivity contribution is -0.384.